The summed E-state index contributed by atoms with van der Waals surface area (Å²) in [6, 6.07) is 8.54. The molecule has 0 heterocycles. The first kappa shape index (κ1) is 13.2. The molecule has 0 spiro atoms. The number of benzene rings is 1. The summed E-state index contributed by atoms with van der Waals surface area (Å²) >= 11 is 0. The molecule has 0 bridgehead atoms. The Hall–Kier alpha value is -0.860. The third-order valence-corrected chi connectivity index (χ3v) is 3.81. The summed E-state index contributed by atoms with van der Waals surface area (Å²) in [4.78, 5) is 2.22. The average Bonchev–Trinajstić information content (AvgIpc) is 2.26. The summed E-state index contributed by atoms with van der Waals surface area (Å²) in [7, 11) is 4.19. The first-order valence-corrected chi connectivity index (χ1v) is 5.91. The highest BCUT2D eigenvalue weighted by Crippen LogP contribution is 2.30. The van der Waals surface area contributed by atoms with Gasteiger partial charge in [-0.3, -0.25) is 0 Å². The first-order valence-electron chi connectivity index (χ1n) is 5.91. The van der Waals surface area contributed by atoms with Crippen LogP contribution in [0, 0.1) is 6.92 Å². The van der Waals surface area contributed by atoms with E-state index >= 15 is 0 Å². The topological polar surface area (TPSA) is 29.3 Å². The van der Waals surface area contributed by atoms with Crippen LogP contribution in [0.25, 0.3) is 0 Å². The van der Waals surface area contributed by atoms with Gasteiger partial charge in [0.25, 0.3) is 0 Å². The second kappa shape index (κ2) is 4.98. The Morgan fingerprint density at radius 1 is 1.38 bits per heavy atom. The van der Waals surface area contributed by atoms with Crippen LogP contribution in [0.5, 0.6) is 0 Å². The molecule has 0 saturated heterocycles. The van der Waals surface area contributed by atoms with Crippen molar-refractivity contribution in [3.8, 4) is 0 Å². The van der Waals surface area contributed by atoms with Gasteiger partial charge in [-0.1, -0.05) is 36.8 Å². The Kier molecular flexibility index (Phi) is 4.11. The van der Waals surface area contributed by atoms with Crippen LogP contribution in [0.15, 0.2) is 24.3 Å². The Balaban J connectivity index is 3.04. The van der Waals surface area contributed by atoms with Crippen molar-refractivity contribution in [3.63, 3.8) is 0 Å². The first-order chi connectivity index (χ1) is 7.41. The van der Waals surface area contributed by atoms with Gasteiger partial charge in [0.05, 0.1) is 0 Å². The van der Waals surface area contributed by atoms with Crippen LogP contribution in [0.3, 0.4) is 0 Å². The molecule has 2 N–H and O–H groups in total. The van der Waals surface area contributed by atoms with E-state index in [9.17, 15) is 0 Å². The quantitative estimate of drug-likeness (QED) is 0.845. The van der Waals surface area contributed by atoms with Crippen LogP contribution in [-0.2, 0) is 0 Å². The lowest BCUT2D eigenvalue weighted by molar-refractivity contribution is 0.132. The molecule has 0 fully saturated rings. The number of aryl methyl sites for hydroxylation is 1. The van der Waals surface area contributed by atoms with E-state index in [0.29, 0.717) is 0 Å². The van der Waals surface area contributed by atoms with E-state index in [-0.39, 0.29) is 11.6 Å². The third kappa shape index (κ3) is 2.45. The summed E-state index contributed by atoms with van der Waals surface area (Å²) in [5, 5.41) is 0. The fraction of sp³-hybridized carbons (Fsp3) is 0.571. The largest absolute Gasteiger partial charge is 0.322 e. The van der Waals surface area contributed by atoms with Gasteiger partial charge in [-0.05, 0) is 39.9 Å². The molecule has 1 aromatic carbocycles. The molecule has 0 amide bonds. The van der Waals surface area contributed by atoms with Crippen molar-refractivity contribution in [2.24, 2.45) is 5.73 Å². The van der Waals surface area contributed by atoms with Gasteiger partial charge in [0, 0.05) is 11.6 Å². The van der Waals surface area contributed by atoms with Gasteiger partial charge in [-0.15, -0.1) is 0 Å². The van der Waals surface area contributed by atoms with E-state index in [4.69, 9.17) is 5.73 Å². The predicted octanol–water partition coefficient (Wildman–Crippen LogP) is 2.73. The minimum Gasteiger partial charge on any atom is -0.322 e. The molecular weight excluding hydrogens is 196 g/mol. The highest BCUT2D eigenvalue weighted by atomic mass is 15.2. The summed E-state index contributed by atoms with van der Waals surface area (Å²) in [6.45, 7) is 6.52. The summed E-state index contributed by atoms with van der Waals surface area (Å²) in [6.07, 6.45) is 1.04. The molecule has 2 heteroatoms. The van der Waals surface area contributed by atoms with Crippen molar-refractivity contribution in [1.29, 1.82) is 0 Å². The highest BCUT2D eigenvalue weighted by molar-refractivity contribution is 5.27. The molecular formula is C14H24N2. The summed E-state index contributed by atoms with van der Waals surface area (Å²) < 4.78 is 0. The third-order valence-electron chi connectivity index (χ3n) is 3.81. The maximum absolute atomic E-state index is 6.41. The van der Waals surface area contributed by atoms with Crippen molar-refractivity contribution in [1.82, 2.24) is 4.90 Å². The zero-order valence-corrected chi connectivity index (χ0v) is 11.1. The molecule has 0 radical (unpaired) electrons. The van der Waals surface area contributed by atoms with Crippen LogP contribution in [0.4, 0.5) is 0 Å². The molecule has 90 valence electrons. The Morgan fingerprint density at radius 3 is 2.44 bits per heavy atom. The summed E-state index contributed by atoms with van der Waals surface area (Å²) in [5.74, 6) is 0. The van der Waals surface area contributed by atoms with Gasteiger partial charge < -0.3 is 10.6 Å². The predicted molar refractivity (Wildman–Crippen MR) is 70.5 cm³/mol. The lowest BCUT2D eigenvalue weighted by Crippen LogP contribution is -2.49. The van der Waals surface area contributed by atoms with E-state index in [1.807, 2.05) is 0 Å². The Labute approximate surface area is 99.5 Å². The highest BCUT2D eigenvalue weighted by Gasteiger charge is 2.33. The second-order valence-electron chi connectivity index (χ2n) is 5.00. The van der Waals surface area contributed by atoms with Crippen molar-refractivity contribution < 1.29 is 0 Å². The molecule has 0 aromatic heterocycles. The zero-order chi connectivity index (χ0) is 12.3. The Bertz CT molecular complexity index is 346. The van der Waals surface area contributed by atoms with Crippen LogP contribution < -0.4 is 5.73 Å². The molecule has 2 nitrogen and oxygen atoms in total. The van der Waals surface area contributed by atoms with Crippen LogP contribution in [-0.4, -0.2) is 24.5 Å². The normalized spacial score (nSPS) is 17.2. The van der Waals surface area contributed by atoms with Crippen molar-refractivity contribution in [3.05, 3.63) is 35.4 Å². The summed E-state index contributed by atoms with van der Waals surface area (Å²) in [5.41, 5.74) is 8.91. The number of likely N-dealkylation sites (N-methyl/N-ethyl adjacent to an activating group) is 1. The Morgan fingerprint density at radius 2 is 2.00 bits per heavy atom. The number of nitrogens with two attached hydrogens (primary N) is 1. The molecule has 2 unspecified atom stereocenters. The maximum atomic E-state index is 6.41. The van der Waals surface area contributed by atoms with E-state index in [0.717, 1.165) is 6.42 Å². The van der Waals surface area contributed by atoms with Crippen LogP contribution in [0.1, 0.15) is 37.4 Å². The molecule has 0 saturated carbocycles. The maximum Gasteiger partial charge on any atom is 0.0479 e. The monoisotopic (exact) mass is 220 g/mol. The fourth-order valence-corrected chi connectivity index (χ4v) is 2.04. The van der Waals surface area contributed by atoms with Crippen molar-refractivity contribution in [2.75, 3.05) is 14.1 Å². The van der Waals surface area contributed by atoms with Gasteiger partial charge in [-0.2, -0.15) is 0 Å². The number of nitrogens with zero attached hydrogens (tertiary/aromatic N) is 1. The van der Waals surface area contributed by atoms with Crippen LogP contribution >= 0.6 is 0 Å². The van der Waals surface area contributed by atoms with E-state index < -0.39 is 0 Å². The number of hydrogen-bond donors (Lipinski definition) is 1. The van der Waals surface area contributed by atoms with Crippen LogP contribution in [0.2, 0.25) is 0 Å². The molecule has 0 aliphatic rings. The second-order valence-corrected chi connectivity index (χ2v) is 5.00. The van der Waals surface area contributed by atoms with Crippen molar-refractivity contribution in [2.45, 2.75) is 38.8 Å². The molecule has 2 atom stereocenters. The average molecular weight is 220 g/mol. The molecule has 1 rings (SSSR count). The number of rotatable bonds is 4. The molecule has 0 aliphatic heterocycles. The van der Waals surface area contributed by atoms with Crippen molar-refractivity contribution >= 4 is 0 Å². The molecule has 16 heavy (non-hydrogen) atoms. The standard InChI is InChI=1S/C14H24N2/c1-6-14(3,16(4)5)13(15)12-9-7-8-11(2)10-12/h7-10,13H,6,15H2,1-5H3. The lowest BCUT2D eigenvalue weighted by Gasteiger charge is -2.41. The minimum atomic E-state index is 0.00773. The fourth-order valence-electron chi connectivity index (χ4n) is 2.04. The van der Waals surface area contributed by atoms with Gasteiger partial charge in [-0.25, -0.2) is 0 Å². The van der Waals surface area contributed by atoms with Gasteiger partial charge in [0.1, 0.15) is 0 Å². The minimum absolute atomic E-state index is 0.00773. The molecule has 0 aliphatic carbocycles. The smallest absolute Gasteiger partial charge is 0.0479 e. The molecule has 1 aromatic rings. The van der Waals surface area contributed by atoms with Gasteiger partial charge in [0.2, 0.25) is 0 Å². The van der Waals surface area contributed by atoms with E-state index in [1.54, 1.807) is 0 Å². The SMILES string of the molecule is CCC(C)(C(N)c1cccc(C)c1)N(C)C. The van der Waals surface area contributed by atoms with E-state index in [1.165, 1.54) is 11.1 Å². The van der Waals surface area contributed by atoms with Gasteiger partial charge in [0.15, 0.2) is 0 Å². The van der Waals surface area contributed by atoms with Gasteiger partial charge >= 0.3 is 0 Å². The zero-order valence-electron chi connectivity index (χ0n) is 11.1. The lowest BCUT2D eigenvalue weighted by atomic mass is 9.84. The van der Waals surface area contributed by atoms with E-state index in [2.05, 4.69) is 64.0 Å². The number of hydrogen-bond acceptors (Lipinski definition) is 2.